The van der Waals surface area contributed by atoms with Gasteiger partial charge in [-0.2, -0.15) is 0 Å². The average molecular weight is 570 g/mol. The normalized spacial score (nSPS) is 11.2. The van der Waals surface area contributed by atoms with Crippen LogP contribution in [0.15, 0.2) is 11.6 Å². The first kappa shape index (κ1) is 41.1. The molecule has 0 aliphatic heterocycles. The molecule has 0 aromatic heterocycles. The lowest BCUT2D eigenvalue weighted by Crippen LogP contribution is -2.11. The van der Waals surface area contributed by atoms with E-state index >= 15 is 0 Å². The summed E-state index contributed by atoms with van der Waals surface area (Å²) < 4.78 is 0. The minimum absolute atomic E-state index is 0. The van der Waals surface area contributed by atoms with Gasteiger partial charge < -0.3 is 4.90 Å². The van der Waals surface area contributed by atoms with Gasteiger partial charge in [0, 0.05) is 6.54 Å². The monoisotopic (exact) mass is 570 g/mol. The maximum absolute atomic E-state index is 2.55. The van der Waals surface area contributed by atoms with Crippen LogP contribution in [0.2, 0.25) is 0 Å². The van der Waals surface area contributed by atoms with Crippen LogP contribution in [0.1, 0.15) is 206 Å². The lowest BCUT2D eigenvalue weighted by atomic mass is 9.98. The molecule has 236 valence electrons. The van der Waals surface area contributed by atoms with E-state index in [-0.39, 0.29) is 12.4 Å². The summed E-state index contributed by atoms with van der Waals surface area (Å²) >= 11 is 0. The van der Waals surface area contributed by atoms with E-state index in [0.717, 1.165) is 6.54 Å². The zero-order chi connectivity index (χ0) is 27.8. The summed E-state index contributed by atoms with van der Waals surface area (Å²) in [5.41, 5.74) is 1.75. The second-order valence-electron chi connectivity index (χ2n) is 12.8. The summed E-state index contributed by atoms with van der Waals surface area (Å²) in [6, 6.07) is 0. The van der Waals surface area contributed by atoms with Gasteiger partial charge in [-0.3, -0.25) is 0 Å². The summed E-state index contributed by atoms with van der Waals surface area (Å²) in [7, 11) is 4.40. The smallest absolute Gasteiger partial charge is 0.0159 e. The number of hydrogen-bond donors (Lipinski definition) is 0. The fraction of sp³-hybridized carbons (Fsp3) is 0.946. The molecule has 1 nitrogen and oxygen atoms in total. The standard InChI is InChI=1S/C37H75N.ClH/c1-5-7-9-11-13-15-17-19-21-23-25-27-29-31-33-37(35-36-38(3)4)34-32-30-28-26-24-22-20-18-16-14-12-10-8-6-2;/h35H,5-34,36H2,1-4H3;1H. The van der Waals surface area contributed by atoms with Gasteiger partial charge in [0.1, 0.15) is 0 Å². The molecule has 0 amide bonds. The molecule has 0 unspecified atom stereocenters. The number of rotatable bonds is 32. The molecule has 0 fully saturated rings. The van der Waals surface area contributed by atoms with E-state index in [0.29, 0.717) is 0 Å². The van der Waals surface area contributed by atoms with Crippen LogP contribution in [0.5, 0.6) is 0 Å². The predicted molar refractivity (Wildman–Crippen MR) is 184 cm³/mol. The van der Waals surface area contributed by atoms with Gasteiger partial charge in [0.25, 0.3) is 0 Å². The highest BCUT2D eigenvalue weighted by molar-refractivity contribution is 5.85. The third kappa shape index (κ3) is 36.0. The number of hydrogen-bond acceptors (Lipinski definition) is 1. The van der Waals surface area contributed by atoms with Crippen LogP contribution in [0.4, 0.5) is 0 Å². The van der Waals surface area contributed by atoms with E-state index in [2.05, 4.69) is 38.9 Å². The highest BCUT2D eigenvalue weighted by atomic mass is 35.5. The highest BCUT2D eigenvalue weighted by Gasteiger charge is 2.01. The number of unbranched alkanes of at least 4 members (excludes halogenated alkanes) is 26. The molecule has 0 radical (unpaired) electrons. The van der Waals surface area contributed by atoms with Crippen molar-refractivity contribution in [3.05, 3.63) is 11.6 Å². The first-order chi connectivity index (χ1) is 18.7. The molecule has 0 aromatic rings. The Hall–Kier alpha value is -0.0100. The fourth-order valence-electron chi connectivity index (χ4n) is 5.73. The van der Waals surface area contributed by atoms with Crippen LogP contribution < -0.4 is 0 Å². The first-order valence-corrected chi connectivity index (χ1v) is 18.0. The third-order valence-corrected chi connectivity index (χ3v) is 8.45. The van der Waals surface area contributed by atoms with Crippen molar-refractivity contribution in [3.63, 3.8) is 0 Å². The number of likely N-dealkylation sites (N-methyl/N-ethyl adjacent to an activating group) is 1. The molecule has 0 aliphatic carbocycles. The molecule has 0 aromatic carbocycles. The number of allylic oxidation sites excluding steroid dienone is 1. The number of halogens is 1. The SMILES string of the molecule is CCCCCCCCCCCCCCCCC(=CCN(C)C)CCCCCCCCCCCCCCCC.Cl. The van der Waals surface area contributed by atoms with Crippen molar-refractivity contribution in [2.45, 2.75) is 206 Å². The van der Waals surface area contributed by atoms with Crippen LogP contribution >= 0.6 is 12.4 Å². The lowest BCUT2D eigenvalue weighted by molar-refractivity contribution is 0.453. The van der Waals surface area contributed by atoms with E-state index in [1.54, 1.807) is 5.57 Å². The van der Waals surface area contributed by atoms with E-state index in [1.165, 1.54) is 193 Å². The molecule has 0 N–H and O–H groups in total. The van der Waals surface area contributed by atoms with Gasteiger partial charge >= 0.3 is 0 Å². The number of nitrogens with zero attached hydrogens (tertiary/aromatic N) is 1. The van der Waals surface area contributed by atoms with E-state index in [9.17, 15) is 0 Å². The molecule has 0 aliphatic rings. The average Bonchev–Trinajstić information content (AvgIpc) is 2.91. The largest absolute Gasteiger partial charge is 0.306 e. The molecule has 2 heteroatoms. The molecule has 0 bridgehead atoms. The Kier molecular flexibility index (Phi) is 38.0. The molecular weight excluding hydrogens is 494 g/mol. The molecular formula is C37H76ClN. The van der Waals surface area contributed by atoms with Gasteiger partial charge in [-0.1, -0.05) is 192 Å². The van der Waals surface area contributed by atoms with Gasteiger partial charge in [0.05, 0.1) is 0 Å². The zero-order valence-electron chi connectivity index (χ0n) is 27.9. The van der Waals surface area contributed by atoms with Crippen molar-refractivity contribution < 1.29 is 0 Å². The summed E-state index contributed by atoms with van der Waals surface area (Å²) in [6.07, 6.45) is 46.0. The van der Waals surface area contributed by atoms with Crippen LogP contribution in [0.25, 0.3) is 0 Å². The van der Waals surface area contributed by atoms with Crippen molar-refractivity contribution >= 4 is 12.4 Å². The molecule has 0 heterocycles. The second-order valence-corrected chi connectivity index (χ2v) is 12.8. The van der Waals surface area contributed by atoms with Crippen molar-refractivity contribution in [2.24, 2.45) is 0 Å². The Balaban J connectivity index is 0. The van der Waals surface area contributed by atoms with Crippen LogP contribution in [-0.4, -0.2) is 25.5 Å². The Morgan fingerprint density at radius 3 is 0.846 bits per heavy atom. The van der Waals surface area contributed by atoms with E-state index in [1.807, 2.05) is 0 Å². The summed E-state index contributed by atoms with van der Waals surface area (Å²) in [5.74, 6) is 0. The minimum atomic E-state index is 0. The molecule has 0 rings (SSSR count). The van der Waals surface area contributed by atoms with Crippen LogP contribution in [0, 0.1) is 0 Å². The fourth-order valence-corrected chi connectivity index (χ4v) is 5.73. The third-order valence-electron chi connectivity index (χ3n) is 8.45. The Bertz CT molecular complexity index is 424. The topological polar surface area (TPSA) is 3.24 Å². The van der Waals surface area contributed by atoms with E-state index < -0.39 is 0 Å². The first-order valence-electron chi connectivity index (χ1n) is 18.0. The van der Waals surface area contributed by atoms with Gasteiger partial charge in [-0.15, -0.1) is 12.4 Å². The van der Waals surface area contributed by atoms with Crippen molar-refractivity contribution in [1.82, 2.24) is 4.90 Å². The Morgan fingerprint density at radius 1 is 0.385 bits per heavy atom. The maximum Gasteiger partial charge on any atom is 0.0159 e. The maximum atomic E-state index is 2.55. The van der Waals surface area contributed by atoms with Gasteiger partial charge in [0.2, 0.25) is 0 Å². The summed E-state index contributed by atoms with van der Waals surface area (Å²) in [5, 5.41) is 0. The minimum Gasteiger partial charge on any atom is -0.306 e. The molecule has 0 spiro atoms. The summed E-state index contributed by atoms with van der Waals surface area (Å²) in [4.78, 5) is 2.32. The Labute approximate surface area is 255 Å². The van der Waals surface area contributed by atoms with Gasteiger partial charge in [-0.25, -0.2) is 0 Å². The van der Waals surface area contributed by atoms with Crippen molar-refractivity contribution in [2.75, 3.05) is 20.6 Å². The predicted octanol–water partition coefficient (Wildman–Crippen LogP) is 13.6. The van der Waals surface area contributed by atoms with Crippen molar-refractivity contribution in [1.29, 1.82) is 0 Å². The molecule has 0 atom stereocenters. The summed E-state index contributed by atoms with van der Waals surface area (Å²) in [6.45, 7) is 5.73. The van der Waals surface area contributed by atoms with Crippen molar-refractivity contribution in [3.8, 4) is 0 Å². The van der Waals surface area contributed by atoms with Crippen LogP contribution in [-0.2, 0) is 0 Å². The second kappa shape index (κ2) is 36.0. The molecule has 0 saturated heterocycles. The van der Waals surface area contributed by atoms with Crippen LogP contribution in [0.3, 0.4) is 0 Å². The Morgan fingerprint density at radius 2 is 0.615 bits per heavy atom. The highest BCUT2D eigenvalue weighted by Crippen LogP contribution is 2.20. The molecule has 0 saturated carbocycles. The van der Waals surface area contributed by atoms with Gasteiger partial charge in [0.15, 0.2) is 0 Å². The van der Waals surface area contributed by atoms with Gasteiger partial charge in [-0.05, 0) is 39.8 Å². The lowest BCUT2D eigenvalue weighted by Gasteiger charge is -2.11. The molecule has 39 heavy (non-hydrogen) atoms. The zero-order valence-corrected chi connectivity index (χ0v) is 28.7. The quantitative estimate of drug-likeness (QED) is 0.0574. The van der Waals surface area contributed by atoms with E-state index in [4.69, 9.17) is 0 Å².